The van der Waals surface area contributed by atoms with Crippen molar-refractivity contribution in [2.75, 3.05) is 38.5 Å². The number of nitrogens with one attached hydrogen (secondary N) is 2. The molecule has 2 rings (SSSR count). The van der Waals surface area contributed by atoms with Gasteiger partial charge in [-0.15, -0.1) is 24.0 Å². The molecule has 1 aromatic rings. The van der Waals surface area contributed by atoms with E-state index >= 15 is 0 Å². The van der Waals surface area contributed by atoms with Gasteiger partial charge in [-0.2, -0.15) is 11.8 Å². The second kappa shape index (κ2) is 10.8. The van der Waals surface area contributed by atoms with Crippen molar-refractivity contribution in [3.8, 4) is 0 Å². The summed E-state index contributed by atoms with van der Waals surface area (Å²) in [5.41, 5.74) is 0.572. The van der Waals surface area contributed by atoms with Gasteiger partial charge in [0.2, 0.25) is 0 Å². The van der Waals surface area contributed by atoms with E-state index in [-0.39, 0.29) is 34.6 Å². The molecule has 6 nitrogen and oxygen atoms in total. The van der Waals surface area contributed by atoms with Gasteiger partial charge in [0, 0.05) is 49.1 Å². The molecule has 0 aromatic carbocycles. The third kappa shape index (κ3) is 7.39. The van der Waals surface area contributed by atoms with Crippen LogP contribution in [0.3, 0.4) is 0 Å². The zero-order valence-corrected chi connectivity index (χ0v) is 18.3. The molecule has 0 bridgehead atoms. The summed E-state index contributed by atoms with van der Waals surface area (Å²) < 4.78 is 0.239. The highest BCUT2D eigenvalue weighted by molar-refractivity contribution is 14.0. The van der Waals surface area contributed by atoms with Gasteiger partial charge in [-0.25, -0.2) is 0 Å². The highest BCUT2D eigenvalue weighted by atomic mass is 127. The van der Waals surface area contributed by atoms with Crippen molar-refractivity contribution in [3.63, 3.8) is 0 Å². The van der Waals surface area contributed by atoms with Crippen LogP contribution in [0.5, 0.6) is 0 Å². The first-order valence-electron chi connectivity index (χ1n) is 8.37. The predicted molar refractivity (Wildman–Crippen MR) is 116 cm³/mol. The summed E-state index contributed by atoms with van der Waals surface area (Å²) in [5, 5.41) is 6.23. The highest BCUT2D eigenvalue weighted by Gasteiger charge is 2.28. The first kappa shape index (κ1) is 22.0. The molecule has 2 N–H and O–H groups in total. The van der Waals surface area contributed by atoms with Crippen molar-refractivity contribution < 1.29 is 4.79 Å². The Hall–Kier alpha value is -1.03. The molecule has 0 unspecified atom stereocenters. The molecule has 0 aliphatic carbocycles. The molecule has 0 radical (unpaired) electrons. The molecule has 1 aliphatic heterocycles. The van der Waals surface area contributed by atoms with Crippen molar-refractivity contribution in [1.29, 1.82) is 0 Å². The summed E-state index contributed by atoms with van der Waals surface area (Å²) in [6, 6.07) is 3.51. The SMILES string of the molecule is CCNC(=NCCNC(=O)c1cccnc1)N1CCSC(C)(C)C1.I. The zero-order chi connectivity index (χ0) is 17.4. The Balaban J connectivity index is 0.00000312. The van der Waals surface area contributed by atoms with Gasteiger partial charge in [-0.1, -0.05) is 0 Å². The van der Waals surface area contributed by atoms with Crippen LogP contribution in [-0.4, -0.2) is 65.0 Å². The summed E-state index contributed by atoms with van der Waals surface area (Å²) in [6.07, 6.45) is 3.22. The van der Waals surface area contributed by atoms with Crippen LogP contribution >= 0.6 is 35.7 Å². The van der Waals surface area contributed by atoms with Crippen molar-refractivity contribution >= 4 is 47.6 Å². The van der Waals surface area contributed by atoms with E-state index in [4.69, 9.17) is 0 Å². The minimum absolute atomic E-state index is 0. The van der Waals surface area contributed by atoms with Gasteiger partial charge < -0.3 is 15.5 Å². The van der Waals surface area contributed by atoms with E-state index in [2.05, 4.69) is 46.3 Å². The van der Waals surface area contributed by atoms with Gasteiger partial charge >= 0.3 is 0 Å². The normalized spacial score (nSPS) is 16.8. The maximum Gasteiger partial charge on any atom is 0.252 e. The molecule has 1 aliphatic rings. The number of aliphatic imine (C=N–C) groups is 1. The predicted octanol–water partition coefficient (Wildman–Crippen LogP) is 2.22. The van der Waals surface area contributed by atoms with Gasteiger partial charge in [0.25, 0.3) is 5.91 Å². The van der Waals surface area contributed by atoms with Gasteiger partial charge in [0.05, 0.1) is 12.1 Å². The maximum atomic E-state index is 12.0. The average Bonchev–Trinajstić information content (AvgIpc) is 2.57. The van der Waals surface area contributed by atoms with Crippen molar-refractivity contribution in [2.45, 2.75) is 25.5 Å². The number of pyridine rings is 1. The first-order valence-corrected chi connectivity index (χ1v) is 9.36. The van der Waals surface area contributed by atoms with E-state index in [0.717, 1.165) is 31.3 Å². The third-order valence-electron chi connectivity index (χ3n) is 3.64. The lowest BCUT2D eigenvalue weighted by Crippen LogP contribution is -2.51. The number of carbonyl (C=O) groups is 1. The molecule has 8 heteroatoms. The fraction of sp³-hybridized carbons (Fsp3) is 0.588. The first-order chi connectivity index (χ1) is 11.5. The summed E-state index contributed by atoms with van der Waals surface area (Å²) in [6.45, 7) is 10.5. The number of nitrogens with zero attached hydrogens (tertiary/aromatic N) is 3. The van der Waals surface area contributed by atoms with E-state index in [1.165, 1.54) is 0 Å². The Morgan fingerprint density at radius 3 is 2.88 bits per heavy atom. The van der Waals surface area contributed by atoms with Gasteiger partial charge in [0.15, 0.2) is 5.96 Å². The van der Waals surface area contributed by atoms with E-state index in [0.29, 0.717) is 18.7 Å². The van der Waals surface area contributed by atoms with Crippen molar-refractivity contribution in [2.24, 2.45) is 4.99 Å². The third-order valence-corrected chi connectivity index (χ3v) is 4.94. The summed E-state index contributed by atoms with van der Waals surface area (Å²) in [5.74, 6) is 1.93. The second-order valence-corrected chi connectivity index (χ2v) is 8.07. The molecule has 1 fully saturated rings. The van der Waals surface area contributed by atoms with Crippen LogP contribution in [-0.2, 0) is 0 Å². The largest absolute Gasteiger partial charge is 0.357 e. The average molecular weight is 477 g/mol. The monoisotopic (exact) mass is 477 g/mol. The number of hydrogen-bond acceptors (Lipinski definition) is 4. The topological polar surface area (TPSA) is 69.6 Å². The molecule has 140 valence electrons. The smallest absolute Gasteiger partial charge is 0.252 e. The van der Waals surface area contributed by atoms with E-state index in [9.17, 15) is 4.79 Å². The molecule has 2 heterocycles. The molecular formula is C17H28IN5OS. The molecule has 0 atom stereocenters. The highest BCUT2D eigenvalue weighted by Crippen LogP contribution is 2.29. The van der Waals surface area contributed by atoms with Crippen LogP contribution in [0.25, 0.3) is 0 Å². The van der Waals surface area contributed by atoms with E-state index < -0.39 is 0 Å². The van der Waals surface area contributed by atoms with Gasteiger partial charge in [-0.05, 0) is 32.9 Å². The van der Waals surface area contributed by atoms with Crippen molar-refractivity contribution in [3.05, 3.63) is 30.1 Å². The molecular weight excluding hydrogens is 449 g/mol. The Bertz CT molecular complexity index is 567. The number of hydrogen-bond donors (Lipinski definition) is 2. The van der Waals surface area contributed by atoms with Crippen LogP contribution in [0.2, 0.25) is 0 Å². The maximum absolute atomic E-state index is 12.0. The van der Waals surface area contributed by atoms with Crippen LogP contribution in [0, 0.1) is 0 Å². The van der Waals surface area contributed by atoms with Crippen LogP contribution in [0.15, 0.2) is 29.5 Å². The number of rotatable bonds is 5. The lowest BCUT2D eigenvalue weighted by Gasteiger charge is -2.39. The summed E-state index contributed by atoms with van der Waals surface area (Å²) in [4.78, 5) is 22.9. The van der Waals surface area contributed by atoms with Crippen LogP contribution < -0.4 is 10.6 Å². The lowest BCUT2D eigenvalue weighted by atomic mass is 10.2. The molecule has 1 amide bonds. The van der Waals surface area contributed by atoms with Crippen molar-refractivity contribution in [1.82, 2.24) is 20.5 Å². The number of guanidine groups is 1. The quantitative estimate of drug-likeness (QED) is 0.295. The van der Waals surface area contributed by atoms with Crippen LogP contribution in [0.1, 0.15) is 31.1 Å². The molecule has 1 saturated heterocycles. The Morgan fingerprint density at radius 1 is 1.44 bits per heavy atom. The lowest BCUT2D eigenvalue weighted by molar-refractivity contribution is 0.0954. The zero-order valence-electron chi connectivity index (χ0n) is 15.1. The van der Waals surface area contributed by atoms with E-state index in [1.54, 1.807) is 24.5 Å². The fourth-order valence-electron chi connectivity index (χ4n) is 2.55. The molecule has 0 spiro atoms. The Labute approximate surface area is 171 Å². The Kier molecular flexibility index (Phi) is 9.55. The number of halogens is 1. The van der Waals surface area contributed by atoms with Crippen LogP contribution in [0.4, 0.5) is 0 Å². The molecule has 25 heavy (non-hydrogen) atoms. The number of amides is 1. The summed E-state index contributed by atoms with van der Waals surface area (Å²) in [7, 11) is 0. The fourth-order valence-corrected chi connectivity index (χ4v) is 3.66. The molecule has 0 saturated carbocycles. The number of carbonyl (C=O) groups excluding carboxylic acids is 1. The summed E-state index contributed by atoms with van der Waals surface area (Å²) >= 11 is 2.00. The standard InChI is InChI=1S/C17H27N5OS.HI/c1-4-19-16(22-10-11-24-17(2,3)13-22)21-9-8-20-15(23)14-6-5-7-18-12-14;/h5-7,12H,4,8-11,13H2,1-3H3,(H,19,21)(H,20,23);1H. The Morgan fingerprint density at radius 2 is 2.24 bits per heavy atom. The van der Waals surface area contributed by atoms with Gasteiger partial charge in [0.1, 0.15) is 0 Å². The van der Waals surface area contributed by atoms with Gasteiger partial charge in [-0.3, -0.25) is 14.8 Å². The van der Waals surface area contributed by atoms with E-state index in [1.807, 2.05) is 11.8 Å². The second-order valence-electron chi connectivity index (χ2n) is 6.26. The minimum Gasteiger partial charge on any atom is -0.357 e. The number of aromatic nitrogens is 1. The number of thioether (sulfide) groups is 1. The minimum atomic E-state index is -0.112. The molecule has 1 aromatic heterocycles.